The topological polar surface area (TPSA) is 66.4 Å². The molecule has 2 rings (SSSR count). The highest BCUT2D eigenvalue weighted by molar-refractivity contribution is 6.30. The normalized spacial score (nSPS) is 22.2. The average Bonchev–Trinajstić information content (AvgIpc) is 2.76. The number of carboxylic acids is 1. The molecule has 102 valence electrons. The molecular formula is C13H13ClFNO3. The molecule has 1 fully saturated rings. The molecule has 0 aromatic heterocycles. The second-order valence-corrected chi connectivity index (χ2v) is 5.13. The van der Waals surface area contributed by atoms with Gasteiger partial charge in [-0.2, -0.15) is 0 Å². The summed E-state index contributed by atoms with van der Waals surface area (Å²) in [5, 5.41) is 11.6. The van der Waals surface area contributed by atoms with E-state index < -0.39 is 17.7 Å². The first-order valence-electron chi connectivity index (χ1n) is 5.95. The Morgan fingerprint density at radius 2 is 1.95 bits per heavy atom. The third-order valence-corrected chi connectivity index (χ3v) is 3.50. The number of hydrogen-bond donors (Lipinski definition) is 2. The maximum Gasteiger partial charge on any atom is 0.306 e. The average molecular weight is 286 g/mol. The molecule has 19 heavy (non-hydrogen) atoms. The molecule has 0 heterocycles. The van der Waals surface area contributed by atoms with Gasteiger partial charge in [-0.3, -0.25) is 9.59 Å². The molecule has 2 N–H and O–H groups in total. The Hall–Kier alpha value is -1.62. The number of hydrogen-bond acceptors (Lipinski definition) is 2. The van der Waals surface area contributed by atoms with Crippen molar-refractivity contribution in [2.24, 2.45) is 11.8 Å². The van der Waals surface area contributed by atoms with Crippen molar-refractivity contribution in [1.29, 1.82) is 0 Å². The number of carbonyl (C=O) groups excluding carboxylic acids is 1. The van der Waals surface area contributed by atoms with Gasteiger partial charge in [-0.05, 0) is 37.5 Å². The molecular weight excluding hydrogens is 273 g/mol. The minimum absolute atomic E-state index is 0.199. The Labute approximate surface area is 114 Å². The van der Waals surface area contributed by atoms with Crippen LogP contribution in [-0.4, -0.2) is 17.0 Å². The molecule has 0 spiro atoms. The Balaban J connectivity index is 2.00. The fourth-order valence-electron chi connectivity index (χ4n) is 2.31. The van der Waals surface area contributed by atoms with Crippen LogP contribution in [0.2, 0.25) is 5.02 Å². The van der Waals surface area contributed by atoms with Crippen LogP contribution in [0.15, 0.2) is 18.2 Å². The second-order valence-electron chi connectivity index (χ2n) is 4.69. The number of benzene rings is 1. The molecule has 1 amide bonds. The highest BCUT2D eigenvalue weighted by Gasteiger charge is 2.33. The van der Waals surface area contributed by atoms with Crippen molar-refractivity contribution < 1.29 is 19.1 Å². The van der Waals surface area contributed by atoms with E-state index in [4.69, 9.17) is 16.7 Å². The molecule has 6 heteroatoms. The van der Waals surface area contributed by atoms with Gasteiger partial charge < -0.3 is 10.4 Å². The van der Waals surface area contributed by atoms with E-state index in [1.54, 1.807) is 0 Å². The maximum absolute atomic E-state index is 13.1. The molecule has 1 aliphatic rings. The largest absolute Gasteiger partial charge is 0.481 e. The lowest BCUT2D eigenvalue weighted by Crippen LogP contribution is -2.21. The molecule has 1 aromatic carbocycles. The van der Waals surface area contributed by atoms with Gasteiger partial charge in [-0.1, -0.05) is 11.6 Å². The third kappa shape index (κ3) is 3.44. The van der Waals surface area contributed by atoms with E-state index in [9.17, 15) is 14.0 Å². The highest BCUT2D eigenvalue weighted by atomic mass is 35.5. The van der Waals surface area contributed by atoms with Crippen LogP contribution in [-0.2, 0) is 9.59 Å². The molecule has 2 atom stereocenters. The van der Waals surface area contributed by atoms with Crippen molar-refractivity contribution in [3.63, 3.8) is 0 Å². The summed E-state index contributed by atoms with van der Waals surface area (Å²) in [4.78, 5) is 22.8. The first-order valence-corrected chi connectivity index (χ1v) is 6.33. The van der Waals surface area contributed by atoms with Crippen LogP contribution in [0.1, 0.15) is 19.3 Å². The quantitative estimate of drug-likeness (QED) is 0.897. The number of aliphatic carboxylic acids is 1. The van der Waals surface area contributed by atoms with Crippen LogP contribution in [0.4, 0.5) is 10.1 Å². The monoisotopic (exact) mass is 285 g/mol. The first-order chi connectivity index (χ1) is 8.95. The summed E-state index contributed by atoms with van der Waals surface area (Å²) < 4.78 is 13.1. The maximum atomic E-state index is 13.1. The molecule has 0 unspecified atom stereocenters. The van der Waals surface area contributed by atoms with Crippen molar-refractivity contribution in [3.05, 3.63) is 29.0 Å². The summed E-state index contributed by atoms with van der Waals surface area (Å²) in [7, 11) is 0. The lowest BCUT2D eigenvalue weighted by molar-refractivity contribution is -0.141. The van der Waals surface area contributed by atoms with Crippen molar-refractivity contribution in [2.75, 3.05) is 5.32 Å². The minimum atomic E-state index is -0.871. The fourth-order valence-corrected chi connectivity index (χ4v) is 2.54. The predicted octanol–water partition coefficient (Wildman–Crippen LogP) is 2.92. The van der Waals surface area contributed by atoms with Crippen molar-refractivity contribution in [1.82, 2.24) is 0 Å². The Morgan fingerprint density at radius 1 is 1.26 bits per heavy atom. The molecule has 0 aliphatic heterocycles. The van der Waals surface area contributed by atoms with Gasteiger partial charge in [0, 0.05) is 16.6 Å². The second kappa shape index (κ2) is 5.57. The third-order valence-electron chi connectivity index (χ3n) is 3.28. The summed E-state index contributed by atoms with van der Waals surface area (Å²) in [5.41, 5.74) is 0.286. The van der Waals surface area contributed by atoms with Gasteiger partial charge >= 0.3 is 5.97 Å². The number of halogens is 2. The van der Waals surface area contributed by atoms with E-state index >= 15 is 0 Å². The molecule has 4 nitrogen and oxygen atoms in total. The van der Waals surface area contributed by atoms with Crippen LogP contribution in [0.25, 0.3) is 0 Å². The molecule has 1 aromatic rings. The summed E-state index contributed by atoms with van der Waals surface area (Å²) >= 11 is 5.69. The van der Waals surface area contributed by atoms with Crippen LogP contribution in [0.3, 0.4) is 0 Å². The Bertz CT molecular complexity index is 500. The van der Waals surface area contributed by atoms with Gasteiger partial charge in [0.25, 0.3) is 0 Å². The van der Waals surface area contributed by atoms with E-state index in [1.807, 2.05) is 0 Å². The standard InChI is InChI=1S/C13H13ClFNO3/c14-9-4-10(15)6-11(5-9)16-12(17)7-1-2-8(3-7)13(18)19/h4-8H,1-3H2,(H,16,17)(H,18,19)/t7-,8+/m1/s1. The first kappa shape index (κ1) is 13.8. The summed E-state index contributed by atoms with van der Waals surface area (Å²) in [6, 6.07) is 3.77. The number of carbonyl (C=O) groups is 2. The highest BCUT2D eigenvalue weighted by Crippen LogP contribution is 2.32. The Morgan fingerprint density at radius 3 is 2.53 bits per heavy atom. The van der Waals surface area contributed by atoms with Gasteiger partial charge in [-0.25, -0.2) is 4.39 Å². The zero-order chi connectivity index (χ0) is 14.0. The lowest BCUT2D eigenvalue weighted by atomic mass is 10.0. The van der Waals surface area contributed by atoms with Crippen LogP contribution >= 0.6 is 11.6 Å². The Kier molecular flexibility index (Phi) is 4.04. The molecule has 0 saturated heterocycles. The SMILES string of the molecule is O=C(O)[C@H]1CC[C@@H](C(=O)Nc2cc(F)cc(Cl)c2)C1. The molecule has 1 saturated carbocycles. The van der Waals surface area contributed by atoms with E-state index in [0.29, 0.717) is 19.3 Å². The number of carboxylic acid groups (broad SMARTS) is 1. The summed E-state index contributed by atoms with van der Waals surface area (Å²) in [6.07, 6.45) is 1.35. The summed E-state index contributed by atoms with van der Waals surface area (Å²) in [6.45, 7) is 0. The number of anilines is 1. The van der Waals surface area contributed by atoms with Crippen molar-refractivity contribution >= 4 is 29.2 Å². The minimum Gasteiger partial charge on any atom is -0.481 e. The van der Waals surface area contributed by atoms with Crippen LogP contribution < -0.4 is 5.32 Å². The van der Waals surface area contributed by atoms with Crippen molar-refractivity contribution in [3.8, 4) is 0 Å². The van der Waals surface area contributed by atoms with Gasteiger partial charge in [-0.15, -0.1) is 0 Å². The summed E-state index contributed by atoms with van der Waals surface area (Å²) in [5.74, 6) is -2.50. The lowest BCUT2D eigenvalue weighted by Gasteiger charge is -2.11. The number of nitrogens with one attached hydrogen (secondary N) is 1. The molecule has 0 radical (unpaired) electrons. The van der Waals surface area contributed by atoms with E-state index in [2.05, 4.69) is 5.32 Å². The predicted molar refractivity (Wildman–Crippen MR) is 68.5 cm³/mol. The zero-order valence-corrected chi connectivity index (χ0v) is 10.8. The number of amides is 1. The number of rotatable bonds is 3. The van der Waals surface area contributed by atoms with E-state index in [0.717, 1.165) is 6.07 Å². The van der Waals surface area contributed by atoms with Gasteiger partial charge in [0.2, 0.25) is 5.91 Å². The molecule has 1 aliphatic carbocycles. The molecule has 0 bridgehead atoms. The van der Waals surface area contributed by atoms with E-state index in [1.165, 1.54) is 12.1 Å². The van der Waals surface area contributed by atoms with Gasteiger partial charge in [0.1, 0.15) is 5.82 Å². The van der Waals surface area contributed by atoms with Crippen LogP contribution in [0, 0.1) is 17.7 Å². The van der Waals surface area contributed by atoms with Crippen LogP contribution in [0.5, 0.6) is 0 Å². The van der Waals surface area contributed by atoms with Gasteiger partial charge in [0.05, 0.1) is 5.92 Å². The smallest absolute Gasteiger partial charge is 0.306 e. The van der Waals surface area contributed by atoms with Gasteiger partial charge in [0.15, 0.2) is 0 Å². The van der Waals surface area contributed by atoms with Crippen molar-refractivity contribution in [2.45, 2.75) is 19.3 Å². The fraction of sp³-hybridized carbons (Fsp3) is 0.385. The van der Waals surface area contributed by atoms with E-state index in [-0.39, 0.29) is 22.5 Å². The zero-order valence-electron chi connectivity index (χ0n) is 10.0.